The normalized spacial score (nSPS) is 18.7. The molecule has 0 spiro atoms. The van der Waals surface area contributed by atoms with Crippen molar-refractivity contribution in [2.45, 2.75) is 58.5 Å². The Kier molecular flexibility index (Phi) is 5.69. The monoisotopic (exact) mass is 394 g/mol. The molecular formula is C23H30N4O2. The molecule has 1 amide bonds. The van der Waals surface area contributed by atoms with Crippen LogP contribution in [-0.2, 0) is 17.8 Å². The van der Waals surface area contributed by atoms with Gasteiger partial charge in [0.15, 0.2) is 5.82 Å². The van der Waals surface area contributed by atoms with Crippen molar-refractivity contribution in [3.05, 3.63) is 46.9 Å². The summed E-state index contributed by atoms with van der Waals surface area (Å²) in [4.78, 5) is 26.6. The molecule has 1 saturated heterocycles. The molecule has 1 aromatic carbocycles. The molecule has 1 unspecified atom stereocenters. The largest absolute Gasteiger partial charge is 0.496 e. The highest BCUT2D eigenvalue weighted by Crippen LogP contribution is 2.35. The fourth-order valence-electron chi connectivity index (χ4n) is 4.59. The van der Waals surface area contributed by atoms with Crippen LogP contribution >= 0.6 is 0 Å². The molecule has 4 rings (SSSR count). The number of carbonyl (C=O) groups is 1. The maximum atomic E-state index is 12.4. The lowest BCUT2D eigenvalue weighted by Gasteiger charge is -2.32. The van der Waals surface area contributed by atoms with Gasteiger partial charge < -0.3 is 14.5 Å². The predicted octanol–water partition coefficient (Wildman–Crippen LogP) is 3.82. The van der Waals surface area contributed by atoms with Crippen LogP contribution in [0.1, 0.15) is 61.3 Å². The van der Waals surface area contributed by atoms with Crippen molar-refractivity contribution in [3.8, 4) is 5.75 Å². The third kappa shape index (κ3) is 3.80. The Bertz CT molecular complexity index is 898. The lowest BCUT2D eigenvalue weighted by Crippen LogP contribution is -2.34. The van der Waals surface area contributed by atoms with Crippen molar-refractivity contribution in [3.63, 3.8) is 0 Å². The number of anilines is 1. The number of carbonyl (C=O) groups excluding carboxylic acids is 1. The Labute approximate surface area is 172 Å². The van der Waals surface area contributed by atoms with Crippen LogP contribution in [0.2, 0.25) is 0 Å². The summed E-state index contributed by atoms with van der Waals surface area (Å²) in [5.74, 6) is 2.92. The number of rotatable bonds is 5. The van der Waals surface area contributed by atoms with Crippen LogP contribution in [0.15, 0.2) is 24.3 Å². The molecular weight excluding hydrogens is 364 g/mol. The summed E-state index contributed by atoms with van der Waals surface area (Å²) < 4.78 is 5.55. The summed E-state index contributed by atoms with van der Waals surface area (Å²) in [6, 6.07) is 8.16. The van der Waals surface area contributed by atoms with E-state index in [1.165, 1.54) is 5.56 Å². The average molecular weight is 395 g/mol. The van der Waals surface area contributed by atoms with Crippen LogP contribution in [0, 0.1) is 6.92 Å². The van der Waals surface area contributed by atoms with Gasteiger partial charge in [0.05, 0.1) is 13.2 Å². The van der Waals surface area contributed by atoms with Gasteiger partial charge in [-0.3, -0.25) is 4.79 Å². The molecule has 29 heavy (non-hydrogen) atoms. The van der Waals surface area contributed by atoms with Crippen molar-refractivity contribution < 1.29 is 9.53 Å². The van der Waals surface area contributed by atoms with Crippen molar-refractivity contribution in [2.24, 2.45) is 0 Å². The molecule has 1 fully saturated rings. The van der Waals surface area contributed by atoms with Crippen molar-refractivity contribution >= 4 is 11.7 Å². The minimum Gasteiger partial charge on any atom is -0.496 e. The van der Waals surface area contributed by atoms with Crippen molar-refractivity contribution in [2.75, 3.05) is 25.1 Å². The van der Waals surface area contributed by atoms with E-state index in [-0.39, 0.29) is 11.9 Å². The first-order chi connectivity index (χ1) is 14.1. The standard InChI is InChI=1S/C23H30N4O2/c1-4-21(28)27-14-8-11-19(27)22-24-16(2)18-10-7-13-26(23(18)25-22)15-17-9-5-6-12-20(17)29-3/h5-6,9,12,19H,4,7-8,10-11,13-15H2,1-3H3. The van der Waals surface area contributed by atoms with E-state index >= 15 is 0 Å². The summed E-state index contributed by atoms with van der Waals surface area (Å²) in [6.07, 6.45) is 4.58. The molecule has 2 aliphatic heterocycles. The van der Waals surface area contributed by atoms with Gasteiger partial charge in [0.2, 0.25) is 5.91 Å². The number of nitrogens with zero attached hydrogens (tertiary/aromatic N) is 4. The second-order valence-electron chi connectivity index (χ2n) is 7.91. The lowest BCUT2D eigenvalue weighted by molar-refractivity contribution is -0.131. The van der Waals surface area contributed by atoms with Gasteiger partial charge in [-0.05, 0) is 38.7 Å². The van der Waals surface area contributed by atoms with Gasteiger partial charge in [0.1, 0.15) is 11.6 Å². The van der Waals surface area contributed by atoms with Gasteiger partial charge in [-0.25, -0.2) is 9.97 Å². The van der Waals surface area contributed by atoms with Gasteiger partial charge >= 0.3 is 0 Å². The molecule has 2 aliphatic rings. The molecule has 1 aromatic heterocycles. The maximum Gasteiger partial charge on any atom is 0.222 e. The first-order valence-corrected chi connectivity index (χ1v) is 10.7. The Hall–Kier alpha value is -2.63. The number of likely N-dealkylation sites (tertiary alicyclic amines) is 1. The zero-order valence-electron chi connectivity index (χ0n) is 17.6. The number of ether oxygens (including phenoxy) is 1. The van der Waals surface area contributed by atoms with E-state index < -0.39 is 0 Å². The first kappa shape index (κ1) is 19.7. The first-order valence-electron chi connectivity index (χ1n) is 10.7. The highest BCUT2D eigenvalue weighted by molar-refractivity contribution is 5.76. The molecule has 0 bridgehead atoms. The quantitative estimate of drug-likeness (QED) is 0.772. The van der Waals surface area contributed by atoms with Gasteiger partial charge in [0.25, 0.3) is 0 Å². The molecule has 0 radical (unpaired) electrons. The van der Waals surface area contributed by atoms with Crippen LogP contribution in [0.3, 0.4) is 0 Å². The molecule has 0 aliphatic carbocycles. The summed E-state index contributed by atoms with van der Waals surface area (Å²) in [5.41, 5.74) is 3.44. The number of para-hydroxylation sites is 1. The predicted molar refractivity (Wildman–Crippen MR) is 113 cm³/mol. The fourth-order valence-corrected chi connectivity index (χ4v) is 4.59. The molecule has 3 heterocycles. The van der Waals surface area contributed by atoms with Crippen molar-refractivity contribution in [1.82, 2.24) is 14.9 Å². The maximum absolute atomic E-state index is 12.4. The van der Waals surface area contributed by atoms with Gasteiger partial charge in [-0.1, -0.05) is 25.1 Å². The second-order valence-corrected chi connectivity index (χ2v) is 7.91. The summed E-state index contributed by atoms with van der Waals surface area (Å²) in [6.45, 7) is 6.53. The van der Waals surface area contributed by atoms with Crippen LogP contribution < -0.4 is 9.64 Å². The summed E-state index contributed by atoms with van der Waals surface area (Å²) in [7, 11) is 1.72. The van der Waals surface area contributed by atoms with E-state index in [0.29, 0.717) is 6.42 Å². The SMILES string of the molecule is CCC(=O)N1CCCC1c1nc(C)c2c(n1)N(Cc1ccccc1OC)CCC2. The Morgan fingerprint density at radius 2 is 2.03 bits per heavy atom. The van der Waals surface area contributed by atoms with Gasteiger partial charge in [-0.15, -0.1) is 0 Å². The zero-order valence-corrected chi connectivity index (χ0v) is 17.6. The number of benzene rings is 1. The summed E-state index contributed by atoms with van der Waals surface area (Å²) in [5, 5.41) is 0. The average Bonchev–Trinajstić information content (AvgIpc) is 3.24. The Morgan fingerprint density at radius 1 is 1.21 bits per heavy atom. The van der Waals surface area contributed by atoms with Gasteiger partial charge in [-0.2, -0.15) is 0 Å². The summed E-state index contributed by atoms with van der Waals surface area (Å²) >= 11 is 0. The molecule has 1 atom stereocenters. The number of amides is 1. The number of hydrogen-bond acceptors (Lipinski definition) is 5. The number of fused-ring (bicyclic) bond motifs is 1. The number of aromatic nitrogens is 2. The molecule has 6 heteroatoms. The molecule has 0 N–H and O–H groups in total. The smallest absolute Gasteiger partial charge is 0.222 e. The number of methoxy groups -OCH3 is 1. The minimum absolute atomic E-state index is 0.00138. The fraction of sp³-hybridized carbons (Fsp3) is 0.522. The highest BCUT2D eigenvalue weighted by atomic mass is 16.5. The topological polar surface area (TPSA) is 58.6 Å². The third-order valence-corrected chi connectivity index (χ3v) is 6.09. The van der Waals surface area contributed by atoms with Gasteiger partial charge in [0, 0.05) is 42.9 Å². The number of hydrogen-bond donors (Lipinski definition) is 0. The van der Waals surface area contributed by atoms with E-state index in [0.717, 1.165) is 74.0 Å². The van der Waals surface area contributed by atoms with E-state index in [2.05, 4.69) is 17.9 Å². The molecule has 2 aromatic rings. The van der Waals surface area contributed by atoms with E-state index in [1.54, 1.807) is 7.11 Å². The van der Waals surface area contributed by atoms with Crippen LogP contribution in [0.25, 0.3) is 0 Å². The van der Waals surface area contributed by atoms with Crippen LogP contribution in [0.5, 0.6) is 5.75 Å². The van der Waals surface area contributed by atoms with Crippen molar-refractivity contribution in [1.29, 1.82) is 0 Å². The Balaban J connectivity index is 1.68. The minimum atomic E-state index is 0.00138. The number of aryl methyl sites for hydroxylation is 1. The lowest BCUT2D eigenvalue weighted by atomic mass is 10.0. The van der Waals surface area contributed by atoms with E-state index in [9.17, 15) is 4.79 Å². The zero-order chi connectivity index (χ0) is 20.4. The van der Waals surface area contributed by atoms with E-state index in [4.69, 9.17) is 14.7 Å². The second kappa shape index (κ2) is 8.39. The Morgan fingerprint density at radius 3 is 2.83 bits per heavy atom. The molecule has 154 valence electrons. The molecule has 6 nitrogen and oxygen atoms in total. The third-order valence-electron chi connectivity index (χ3n) is 6.09. The molecule has 0 saturated carbocycles. The highest BCUT2D eigenvalue weighted by Gasteiger charge is 2.33. The van der Waals surface area contributed by atoms with Crippen LogP contribution in [-0.4, -0.2) is 41.0 Å². The van der Waals surface area contributed by atoms with Crippen LogP contribution in [0.4, 0.5) is 5.82 Å². The van der Waals surface area contributed by atoms with E-state index in [1.807, 2.05) is 30.0 Å².